The van der Waals surface area contributed by atoms with Gasteiger partial charge in [-0.2, -0.15) is 0 Å². The van der Waals surface area contributed by atoms with Crippen molar-refractivity contribution >= 4 is 44.4 Å². The fourth-order valence-corrected chi connectivity index (χ4v) is 7.66. The maximum absolute atomic E-state index is 13.9. The Balaban J connectivity index is 1.38. The third kappa shape index (κ3) is 6.99. The average molecular weight is 680 g/mol. The quantitative estimate of drug-likeness (QED) is 0.167. The lowest BCUT2D eigenvalue weighted by Crippen LogP contribution is -2.40. The van der Waals surface area contributed by atoms with E-state index in [2.05, 4.69) is 20.6 Å². The van der Waals surface area contributed by atoms with Crippen LogP contribution in [0.25, 0.3) is 32.6 Å². The van der Waals surface area contributed by atoms with Crippen molar-refractivity contribution in [1.29, 1.82) is 0 Å². The van der Waals surface area contributed by atoms with Gasteiger partial charge in [0.25, 0.3) is 15.9 Å². The molecule has 6 rings (SSSR count). The van der Waals surface area contributed by atoms with Crippen LogP contribution in [0, 0.1) is 0 Å². The fourth-order valence-electron chi connectivity index (χ4n) is 5.22. The van der Waals surface area contributed by atoms with Crippen LogP contribution in [-0.4, -0.2) is 46.5 Å². The molecule has 0 fully saturated rings. The molecule has 1 unspecified atom stereocenters. The van der Waals surface area contributed by atoms with E-state index in [0.29, 0.717) is 10.3 Å². The van der Waals surface area contributed by atoms with Gasteiger partial charge in [0.1, 0.15) is 5.60 Å². The predicted octanol–water partition coefficient (Wildman–Crippen LogP) is 7.06. The molecule has 0 aliphatic rings. The Labute approximate surface area is 282 Å². The Hall–Kier alpha value is -5.33. The lowest BCUT2D eigenvalue weighted by atomic mass is 10.0. The lowest BCUT2D eigenvalue weighted by Gasteiger charge is -2.23. The van der Waals surface area contributed by atoms with Gasteiger partial charge in [-0.15, -0.1) is 11.3 Å². The number of amides is 2. The van der Waals surface area contributed by atoms with Gasteiger partial charge < -0.3 is 15.4 Å². The van der Waals surface area contributed by atoms with Gasteiger partial charge in [0.15, 0.2) is 5.65 Å². The molecule has 0 radical (unpaired) electrons. The first-order valence-corrected chi connectivity index (χ1v) is 17.4. The average Bonchev–Trinajstić information content (AvgIpc) is 3.73. The van der Waals surface area contributed by atoms with Crippen LogP contribution in [0.5, 0.6) is 0 Å². The minimum Gasteiger partial charge on any atom is -0.444 e. The second kappa shape index (κ2) is 13.4. The summed E-state index contributed by atoms with van der Waals surface area (Å²) in [6.45, 7) is 5.45. The zero-order valence-electron chi connectivity index (χ0n) is 26.5. The largest absolute Gasteiger partial charge is 0.444 e. The van der Waals surface area contributed by atoms with Crippen LogP contribution < -0.4 is 10.6 Å². The molecule has 12 heteroatoms. The van der Waals surface area contributed by atoms with Crippen molar-refractivity contribution in [3.05, 3.63) is 126 Å². The molecule has 48 heavy (non-hydrogen) atoms. The number of ether oxygens (including phenoxy) is 1. The summed E-state index contributed by atoms with van der Waals surface area (Å²) >= 11 is 1.27. The number of hydrogen-bond acceptors (Lipinski definition) is 8. The molecule has 2 aromatic carbocycles. The van der Waals surface area contributed by atoms with E-state index >= 15 is 0 Å². The highest BCUT2D eigenvalue weighted by molar-refractivity contribution is 7.90. The summed E-state index contributed by atoms with van der Waals surface area (Å²) in [7, 11) is -3.91. The molecule has 4 heterocycles. The fraction of sp³-hybridized carbons (Fsp3) is 0.167. The molecule has 2 N–H and O–H groups in total. The Morgan fingerprint density at radius 3 is 2.33 bits per heavy atom. The number of hydrogen-bond donors (Lipinski definition) is 2. The van der Waals surface area contributed by atoms with Gasteiger partial charge in [-0.25, -0.2) is 22.2 Å². The van der Waals surface area contributed by atoms with Crippen molar-refractivity contribution in [1.82, 2.24) is 24.6 Å². The Kier molecular flexibility index (Phi) is 9.11. The van der Waals surface area contributed by atoms with E-state index in [4.69, 9.17) is 4.74 Å². The first-order chi connectivity index (χ1) is 23.0. The molecule has 0 aliphatic carbocycles. The number of carbonyl (C=O) groups excluding carboxylic acids is 2. The molecule has 0 saturated carbocycles. The van der Waals surface area contributed by atoms with Crippen LogP contribution in [0.15, 0.2) is 121 Å². The first kappa shape index (κ1) is 32.6. The highest BCUT2D eigenvalue weighted by Crippen LogP contribution is 2.42. The van der Waals surface area contributed by atoms with Crippen molar-refractivity contribution in [2.45, 2.75) is 37.3 Å². The number of aromatic nitrogens is 3. The molecule has 0 saturated heterocycles. The van der Waals surface area contributed by atoms with E-state index in [0.717, 1.165) is 27.1 Å². The standard InChI is InChI=1S/C36H33N5O5S2/c1-36(2,3)46-35(43)39-23-30(24-11-6-4-7-12-24)40-34(42)31-21-29(25-13-10-18-37-22-25)32(47-31)27-16-19-38-33-28(27)17-20-41(33)48(44,45)26-14-8-5-9-15-26/h4-22,30H,23H2,1-3H3,(H,39,43)(H,40,42). The van der Waals surface area contributed by atoms with Crippen molar-refractivity contribution in [2.24, 2.45) is 0 Å². The van der Waals surface area contributed by atoms with Crippen LogP contribution in [-0.2, 0) is 14.8 Å². The zero-order valence-corrected chi connectivity index (χ0v) is 28.1. The van der Waals surface area contributed by atoms with Crippen LogP contribution >= 0.6 is 11.3 Å². The van der Waals surface area contributed by atoms with Gasteiger partial charge in [-0.3, -0.25) is 9.78 Å². The smallest absolute Gasteiger partial charge is 0.407 e. The van der Waals surface area contributed by atoms with Gasteiger partial charge in [0.2, 0.25) is 0 Å². The number of nitrogens with one attached hydrogen (secondary N) is 2. The zero-order chi connectivity index (χ0) is 33.9. The number of thiophene rings is 1. The van der Waals surface area contributed by atoms with Gasteiger partial charge in [-0.1, -0.05) is 54.6 Å². The lowest BCUT2D eigenvalue weighted by molar-refractivity contribution is 0.0520. The number of carbonyl (C=O) groups is 2. The number of benzene rings is 2. The molecule has 0 spiro atoms. The Morgan fingerprint density at radius 1 is 0.917 bits per heavy atom. The second-order valence-electron chi connectivity index (χ2n) is 11.9. The van der Waals surface area contributed by atoms with E-state index < -0.39 is 27.8 Å². The number of rotatable bonds is 9. The molecule has 10 nitrogen and oxygen atoms in total. The third-order valence-corrected chi connectivity index (χ3v) is 10.2. The topological polar surface area (TPSA) is 132 Å². The summed E-state index contributed by atoms with van der Waals surface area (Å²) < 4.78 is 33.7. The predicted molar refractivity (Wildman–Crippen MR) is 186 cm³/mol. The number of pyridine rings is 2. The van der Waals surface area contributed by atoms with Gasteiger partial charge in [0, 0.05) is 58.3 Å². The van der Waals surface area contributed by atoms with Crippen molar-refractivity contribution in [3.8, 4) is 21.6 Å². The second-order valence-corrected chi connectivity index (χ2v) is 14.8. The van der Waals surface area contributed by atoms with E-state index in [1.807, 2.05) is 48.5 Å². The highest BCUT2D eigenvalue weighted by atomic mass is 32.2. The van der Waals surface area contributed by atoms with Gasteiger partial charge in [0.05, 0.1) is 15.8 Å². The molecule has 0 bridgehead atoms. The summed E-state index contributed by atoms with van der Waals surface area (Å²) in [6.07, 6.45) is 5.86. The molecular formula is C36H33N5O5S2. The van der Waals surface area contributed by atoms with Crippen LogP contribution in [0.2, 0.25) is 0 Å². The van der Waals surface area contributed by atoms with E-state index in [1.165, 1.54) is 21.5 Å². The van der Waals surface area contributed by atoms with Crippen molar-refractivity contribution in [2.75, 3.05) is 6.54 Å². The van der Waals surface area contributed by atoms with Crippen molar-refractivity contribution in [3.63, 3.8) is 0 Å². The molecule has 6 aromatic rings. The van der Waals surface area contributed by atoms with E-state index in [9.17, 15) is 18.0 Å². The summed E-state index contributed by atoms with van der Waals surface area (Å²) in [5.41, 5.74) is 2.67. The number of fused-ring (bicyclic) bond motifs is 1. The normalized spacial score (nSPS) is 12.4. The highest BCUT2D eigenvalue weighted by Gasteiger charge is 2.25. The van der Waals surface area contributed by atoms with Crippen LogP contribution in [0.3, 0.4) is 0 Å². The molecular weight excluding hydrogens is 647 g/mol. The molecule has 1 atom stereocenters. The number of nitrogens with zero attached hydrogens (tertiary/aromatic N) is 3. The van der Waals surface area contributed by atoms with Gasteiger partial charge in [-0.05, 0) is 62.7 Å². The third-order valence-electron chi connectivity index (χ3n) is 7.38. The monoisotopic (exact) mass is 679 g/mol. The summed E-state index contributed by atoms with van der Waals surface area (Å²) in [6, 6.07) is 26.1. The summed E-state index contributed by atoms with van der Waals surface area (Å²) in [5, 5.41) is 6.46. The van der Waals surface area contributed by atoms with Gasteiger partial charge >= 0.3 is 6.09 Å². The summed E-state index contributed by atoms with van der Waals surface area (Å²) in [4.78, 5) is 36.5. The summed E-state index contributed by atoms with van der Waals surface area (Å²) in [5.74, 6) is -0.342. The van der Waals surface area contributed by atoms with Crippen LogP contribution in [0.4, 0.5) is 4.79 Å². The minimum atomic E-state index is -3.91. The maximum atomic E-state index is 13.9. The first-order valence-electron chi connectivity index (χ1n) is 15.2. The van der Waals surface area contributed by atoms with Crippen molar-refractivity contribution < 1.29 is 22.7 Å². The Bertz CT molecular complexity index is 2180. The molecule has 244 valence electrons. The van der Waals surface area contributed by atoms with E-state index in [1.54, 1.807) is 81.8 Å². The number of alkyl carbamates (subject to hydrolysis) is 1. The molecule has 2 amide bonds. The van der Waals surface area contributed by atoms with Crippen LogP contribution in [0.1, 0.15) is 42.0 Å². The van der Waals surface area contributed by atoms with E-state index in [-0.39, 0.29) is 23.0 Å². The Morgan fingerprint density at radius 2 is 1.65 bits per heavy atom. The minimum absolute atomic E-state index is 0.104. The SMILES string of the molecule is CC(C)(C)OC(=O)NCC(NC(=O)c1cc(-c2cccnc2)c(-c2ccnc3c2ccn3S(=O)(=O)c2ccccc2)s1)c1ccccc1. The molecule has 0 aliphatic heterocycles. The molecule has 4 aromatic heterocycles. The maximum Gasteiger partial charge on any atom is 0.407 e.